The van der Waals surface area contributed by atoms with Crippen molar-refractivity contribution in [2.24, 2.45) is 0 Å². The van der Waals surface area contributed by atoms with E-state index in [1.165, 1.54) is 16.6 Å². The first kappa shape index (κ1) is 15.6. The second kappa shape index (κ2) is 5.94. The summed E-state index contributed by atoms with van der Waals surface area (Å²) in [5.41, 5.74) is 5.67. The van der Waals surface area contributed by atoms with Gasteiger partial charge in [-0.1, -0.05) is 0 Å². The third-order valence-electron chi connectivity index (χ3n) is 2.96. The molecule has 1 saturated heterocycles. The van der Waals surface area contributed by atoms with Gasteiger partial charge in [0.25, 0.3) is 0 Å². The predicted octanol–water partition coefficient (Wildman–Crippen LogP) is 0.197. The third-order valence-corrected chi connectivity index (χ3v) is 5.26. The lowest BCUT2D eigenvalue weighted by Gasteiger charge is -2.35. The lowest BCUT2D eigenvalue weighted by Crippen LogP contribution is -2.50. The van der Waals surface area contributed by atoms with Crippen molar-refractivity contribution < 1.29 is 18.3 Å². The zero-order chi connectivity index (χ0) is 14.9. The Bertz CT molecular complexity index is 595. The van der Waals surface area contributed by atoms with Gasteiger partial charge in [0, 0.05) is 23.8 Å². The van der Waals surface area contributed by atoms with Crippen molar-refractivity contribution in [2.75, 3.05) is 25.4 Å². The molecule has 1 aromatic heterocycles. The molecule has 2 heterocycles. The van der Waals surface area contributed by atoms with Crippen molar-refractivity contribution in [1.29, 1.82) is 0 Å². The normalized spacial score (nSPS) is 24.8. The number of halogens is 1. The van der Waals surface area contributed by atoms with Crippen LogP contribution < -0.4 is 5.73 Å². The zero-order valence-corrected chi connectivity index (χ0v) is 13.3. The molecule has 3 N–H and O–H groups in total. The van der Waals surface area contributed by atoms with Gasteiger partial charge >= 0.3 is 0 Å². The van der Waals surface area contributed by atoms with E-state index < -0.39 is 16.1 Å². The van der Waals surface area contributed by atoms with E-state index in [2.05, 4.69) is 20.9 Å². The van der Waals surface area contributed by atoms with Gasteiger partial charge in [0.05, 0.1) is 18.8 Å². The molecule has 0 radical (unpaired) electrons. The van der Waals surface area contributed by atoms with E-state index in [0.717, 1.165) is 0 Å². The Hall–Kier alpha value is -0.740. The van der Waals surface area contributed by atoms with Crippen molar-refractivity contribution in [3.05, 3.63) is 16.7 Å². The number of rotatable bonds is 3. The summed E-state index contributed by atoms with van der Waals surface area (Å²) in [4.78, 5) is 3.80. The molecular weight excluding hydrogens is 350 g/mol. The van der Waals surface area contributed by atoms with Crippen molar-refractivity contribution in [3.63, 3.8) is 0 Å². The second-order valence-electron chi connectivity index (χ2n) is 4.61. The van der Waals surface area contributed by atoms with Crippen molar-refractivity contribution in [1.82, 2.24) is 9.29 Å². The Balaban J connectivity index is 2.36. The van der Waals surface area contributed by atoms with E-state index in [-0.39, 0.29) is 36.5 Å². The molecule has 0 bridgehead atoms. The van der Waals surface area contributed by atoms with Gasteiger partial charge in [-0.2, -0.15) is 4.31 Å². The van der Waals surface area contributed by atoms with Gasteiger partial charge in [0.2, 0.25) is 10.0 Å². The second-order valence-corrected chi connectivity index (χ2v) is 7.43. The highest BCUT2D eigenvalue weighted by Gasteiger charge is 2.35. The molecule has 0 saturated carbocycles. The molecule has 1 fully saturated rings. The van der Waals surface area contributed by atoms with Crippen molar-refractivity contribution >= 4 is 31.8 Å². The summed E-state index contributed by atoms with van der Waals surface area (Å²) < 4.78 is 32.5. The fraction of sp³-hybridized carbons (Fsp3) is 0.545. The highest BCUT2D eigenvalue weighted by molar-refractivity contribution is 9.10. The monoisotopic (exact) mass is 365 g/mol. The predicted molar refractivity (Wildman–Crippen MR) is 76.5 cm³/mol. The fourth-order valence-electron chi connectivity index (χ4n) is 2.08. The van der Waals surface area contributed by atoms with E-state index >= 15 is 0 Å². The van der Waals surface area contributed by atoms with E-state index in [4.69, 9.17) is 10.5 Å². The topological polar surface area (TPSA) is 106 Å². The van der Waals surface area contributed by atoms with E-state index in [1.54, 1.807) is 6.92 Å². The molecule has 2 atom stereocenters. The molecular formula is C11H16BrN3O4S. The number of aliphatic hydroxyl groups excluding tert-OH is 1. The lowest BCUT2D eigenvalue weighted by molar-refractivity contribution is -0.0750. The quantitative estimate of drug-likeness (QED) is 0.792. The van der Waals surface area contributed by atoms with Crippen molar-refractivity contribution in [3.8, 4) is 0 Å². The van der Waals surface area contributed by atoms with Crippen LogP contribution in [-0.2, 0) is 14.8 Å². The van der Waals surface area contributed by atoms with Crippen LogP contribution in [0.3, 0.4) is 0 Å². The summed E-state index contributed by atoms with van der Waals surface area (Å²) in [6, 6.07) is 1.42. The molecule has 1 aliphatic rings. The minimum absolute atomic E-state index is 0.0438. The van der Waals surface area contributed by atoms with Crippen LogP contribution in [0.1, 0.15) is 6.92 Å². The number of morpholine rings is 1. The van der Waals surface area contributed by atoms with Crippen LogP contribution in [-0.4, -0.2) is 54.7 Å². The maximum absolute atomic E-state index is 12.6. The molecule has 0 aliphatic carbocycles. The SMILES string of the molecule is CC1CN(S(=O)(=O)c2cc(Br)cnc2N)CC(CO)O1. The average molecular weight is 366 g/mol. The maximum Gasteiger partial charge on any atom is 0.246 e. The molecule has 7 nitrogen and oxygen atoms in total. The Labute approximate surface area is 125 Å². The van der Waals surface area contributed by atoms with E-state index in [0.29, 0.717) is 4.47 Å². The summed E-state index contributed by atoms with van der Waals surface area (Å²) in [5, 5.41) is 9.17. The van der Waals surface area contributed by atoms with Gasteiger partial charge in [-0.15, -0.1) is 0 Å². The lowest BCUT2D eigenvalue weighted by atomic mass is 10.2. The van der Waals surface area contributed by atoms with E-state index in [1.807, 2.05) is 0 Å². The Morgan fingerprint density at radius 2 is 2.30 bits per heavy atom. The Morgan fingerprint density at radius 1 is 1.60 bits per heavy atom. The number of nitrogen functional groups attached to an aromatic ring is 1. The summed E-state index contributed by atoms with van der Waals surface area (Å²) >= 11 is 3.18. The number of sulfonamides is 1. The summed E-state index contributed by atoms with van der Waals surface area (Å²) in [6.07, 6.45) is 0.610. The molecule has 2 unspecified atom stereocenters. The van der Waals surface area contributed by atoms with Gasteiger partial charge in [0.1, 0.15) is 10.7 Å². The fourth-order valence-corrected chi connectivity index (χ4v) is 4.20. The van der Waals surface area contributed by atoms with Gasteiger partial charge in [-0.05, 0) is 28.9 Å². The van der Waals surface area contributed by atoms with Crippen LogP contribution in [0.2, 0.25) is 0 Å². The first-order chi connectivity index (χ1) is 9.34. The highest BCUT2D eigenvalue weighted by Crippen LogP contribution is 2.26. The highest BCUT2D eigenvalue weighted by atomic mass is 79.9. The number of aliphatic hydroxyl groups is 1. The van der Waals surface area contributed by atoms with Crippen LogP contribution in [0.25, 0.3) is 0 Å². The van der Waals surface area contributed by atoms with Gasteiger partial charge < -0.3 is 15.6 Å². The number of nitrogens with two attached hydrogens (primary N) is 1. The van der Waals surface area contributed by atoms with Gasteiger partial charge in [-0.3, -0.25) is 0 Å². The van der Waals surface area contributed by atoms with E-state index in [9.17, 15) is 13.5 Å². The number of hydrogen-bond donors (Lipinski definition) is 2. The number of aromatic nitrogens is 1. The average Bonchev–Trinajstić information content (AvgIpc) is 2.40. The smallest absolute Gasteiger partial charge is 0.246 e. The largest absolute Gasteiger partial charge is 0.394 e. The summed E-state index contributed by atoms with van der Waals surface area (Å²) in [6.45, 7) is 1.83. The molecule has 1 aromatic rings. The van der Waals surface area contributed by atoms with Crippen LogP contribution in [0.5, 0.6) is 0 Å². The Morgan fingerprint density at radius 3 is 2.95 bits per heavy atom. The van der Waals surface area contributed by atoms with Crippen molar-refractivity contribution in [2.45, 2.75) is 24.0 Å². The van der Waals surface area contributed by atoms with Gasteiger partial charge in [0.15, 0.2) is 0 Å². The first-order valence-corrected chi connectivity index (χ1v) is 8.25. The molecule has 0 aromatic carbocycles. The minimum Gasteiger partial charge on any atom is -0.394 e. The Kier molecular flexibility index (Phi) is 4.65. The molecule has 9 heteroatoms. The molecule has 0 amide bonds. The standard InChI is InChI=1S/C11H16BrN3O4S/c1-7-4-15(5-9(6-16)19-7)20(17,18)10-2-8(12)3-14-11(10)13/h2-3,7,9,16H,4-6H2,1H3,(H2,13,14). The van der Waals surface area contributed by atoms with Crippen LogP contribution >= 0.6 is 15.9 Å². The number of nitrogens with zero attached hydrogens (tertiary/aromatic N) is 2. The summed E-state index contributed by atoms with van der Waals surface area (Å²) in [5.74, 6) is -0.0482. The molecule has 112 valence electrons. The molecule has 20 heavy (non-hydrogen) atoms. The zero-order valence-electron chi connectivity index (χ0n) is 10.9. The summed E-state index contributed by atoms with van der Waals surface area (Å²) in [7, 11) is -3.77. The third kappa shape index (κ3) is 3.12. The van der Waals surface area contributed by atoms with Gasteiger partial charge in [-0.25, -0.2) is 13.4 Å². The number of hydrogen-bond acceptors (Lipinski definition) is 6. The molecule has 0 spiro atoms. The van der Waals surface area contributed by atoms with Crippen LogP contribution in [0, 0.1) is 0 Å². The minimum atomic E-state index is -3.77. The molecule has 1 aliphatic heterocycles. The molecule has 2 rings (SSSR count). The number of ether oxygens (including phenoxy) is 1. The first-order valence-electron chi connectivity index (χ1n) is 6.02. The number of pyridine rings is 1. The van der Waals surface area contributed by atoms with Crippen LogP contribution in [0.4, 0.5) is 5.82 Å². The van der Waals surface area contributed by atoms with Crippen LogP contribution in [0.15, 0.2) is 21.6 Å². The number of anilines is 1. The maximum atomic E-state index is 12.6.